The fraction of sp³-hybridized carbons (Fsp3) is 0.235. The van der Waals surface area contributed by atoms with Crippen molar-refractivity contribution in [2.45, 2.75) is 13.3 Å². The molecule has 0 saturated carbocycles. The quantitative estimate of drug-likeness (QED) is 0.906. The Kier molecular flexibility index (Phi) is 4.91. The van der Waals surface area contributed by atoms with E-state index in [9.17, 15) is 4.79 Å². The third kappa shape index (κ3) is 3.25. The molecule has 1 amide bonds. The highest BCUT2D eigenvalue weighted by molar-refractivity contribution is 6.06. The normalized spacial score (nSPS) is 10.3. The first-order chi connectivity index (χ1) is 9.76. The Balaban J connectivity index is 2.20. The smallest absolute Gasteiger partial charge is 0.258 e. The Morgan fingerprint density at radius 1 is 1.05 bits per heavy atom. The number of para-hydroxylation sites is 1. The first-order valence-corrected chi connectivity index (χ1v) is 6.92. The summed E-state index contributed by atoms with van der Waals surface area (Å²) in [7, 11) is 0. The van der Waals surface area contributed by atoms with Gasteiger partial charge in [0.25, 0.3) is 5.91 Å². The highest BCUT2D eigenvalue weighted by Gasteiger charge is 2.15. The van der Waals surface area contributed by atoms with E-state index in [1.807, 2.05) is 61.5 Å². The van der Waals surface area contributed by atoms with Crippen LogP contribution in [0.4, 0.5) is 5.69 Å². The van der Waals surface area contributed by atoms with E-state index in [2.05, 4.69) is 0 Å². The summed E-state index contributed by atoms with van der Waals surface area (Å²) < 4.78 is 0. The van der Waals surface area contributed by atoms with Crippen LogP contribution >= 0.6 is 0 Å². The first kappa shape index (κ1) is 14.3. The summed E-state index contributed by atoms with van der Waals surface area (Å²) in [6.07, 6.45) is 0.838. The van der Waals surface area contributed by atoms with Crippen LogP contribution in [0.2, 0.25) is 0 Å². The molecule has 3 nitrogen and oxygen atoms in total. The number of rotatable bonds is 5. The van der Waals surface area contributed by atoms with Crippen LogP contribution in [0.25, 0.3) is 0 Å². The Hall–Kier alpha value is -2.13. The second-order valence-corrected chi connectivity index (χ2v) is 4.62. The van der Waals surface area contributed by atoms with Crippen molar-refractivity contribution < 1.29 is 4.79 Å². The lowest BCUT2D eigenvalue weighted by atomic mass is 10.1. The van der Waals surface area contributed by atoms with Gasteiger partial charge < -0.3 is 10.6 Å². The Bertz CT molecular complexity index is 549. The van der Waals surface area contributed by atoms with Gasteiger partial charge in [-0.3, -0.25) is 4.79 Å². The summed E-state index contributed by atoms with van der Waals surface area (Å²) in [5.41, 5.74) is 8.32. The van der Waals surface area contributed by atoms with Gasteiger partial charge in [-0.15, -0.1) is 0 Å². The second kappa shape index (κ2) is 6.87. The number of hydrogen-bond acceptors (Lipinski definition) is 2. The Morgan fingerprint density at radius 2 is 1.70 bits per heavy atom. The topological polar surface area (TPSA) is 46.3 Å². The number of nitrogens with zero attached hydrogens (tertiary/aromatic N) is 1. The minimum atomic E-state index is 0.0259. The molecule has 20 heavy (non-hydrogen) atoms. The van der Waals surface area contributed by atoms with Crippen molar-refractivity contribution in [2.75, 3.05) is 18.0 Å². The lowest BCUT2D eigenvalue weighted by Crippen LogP contribution is -2.30. The summed E-state index contributed by atoms with van der Waals surface area (Å²) in [5, 5.41) is 0. The van der Waals surface area contributed by atoms with Crippen molar-refractivity contribution in [1.29, 1.82) is 0 Å². The van der Waals surface area contributed by atoms with Gasteiger partial charge in [0, 0.05) is 17.8 Å². The average molecular weight is 268 g/mol. The molecule has 0 aliphatic carbocycles. The lowest BCUT2D eigenvalue weighted by molar-refractivity contribution is 0.0988. The molecule has 0 heterocycles. The van der Waals surface area contributed by atoms with Gasteiger partial charge in [-0.05, 0) is 49.7 Å². The Labute approximate surface area is 120 Å². The van der Waals surface area contributed by atoms with Crippen LogP contribution in [-0.2, 0) is 6.42 Å². The van der Waals surface area contributed by atoms with Crippen molar-refractivity contribution in [1.82, 2.24) is 0 Å². The molecule has 0 bridgehead atoms. The number of carbonyl (C=O) groups is 1. The number of carbonyl (C=O) groups excluding carboxylic acids is 1. The molecule has 0 aliphatic rings. The molecule has 104 valence electrons. The monoisotopic (exact) mass is 268 g/mol. The molecule has 0 radical (unpaired) electrons. The molecule has 0 unspecified atom stereocenters. The van der Waals surface area contributed by atoms with E-state index in [0.29, 0.717) is 18.7 Å². The zero-order chi connectivity index (χ0) is 14.4. The maximum atomic E-state index is 12.5. The fourth-order valence-corrected chi connectivity index (χ4v) is 2.19. The van der Waals surface area contributed by atoms with Crippen LogP contribution in [0, 0.1) is 0 Å². The van der Waals surface area contributed by atoms with Gasteiger partial charge in [0.1, 0.15) is 0 Å². The zero-order valence-electron chi connectivity index (χ0n) is 11.8. The lowest BCUT2D eigenvalue weighted by Gasteiger charge is -2.21. The molecule has 3 heteroatoms. The maximum absolute atomic E-state index is 12.5. The molecular formula is C17H20N2O. The molecule has 0 fully saturated rings. The van der Waals surface area contributed by atoms with Crippen LogP contribution in [0.5, 0.6) is 0 Å². The van der Waals surface area contributed by atoms with Crippen LogP contribution < -0.4 is 10.6 Å². The van der Waals surface area contributed by atoms with Gasteiger partial charge in [0.05, 0.1) is 0 Å². The van der Waals surface area contributed by atoms with E-state index in [4.69, 9.17) is 5.73 Å². The molecule has 0 saturated heterocycles. The van der Waals surface area contributed by atoms with Gasteiger partial charge in [0.15, 0.2) is 0 Å². The van der Waals surface area contributed by atoms with Crippen molar-refractivity contribution in [3.63, 3.8) is 0 Å². The SMILES string of the molecule is CCN(C(=O)c1ccc(CCN)cc1)c1ccccc1. The summed E-state index contributed by atoms with van der Waals surface area (Å²) in [6.45, 7) is 3.25. The largest absolute Gasteiger partial charge is 0.330 e. The van der Waals surface area contributed by atoms with Crippen molar-refractivity contribution in [3.05, 3.63) is 65.7 Å². The minimum absolute atomic E-state index is 0.0259. The molecule has 2 N–H and O–H groups in total. The number of nitrogens with two attached hydrogens (primary N) is 1. The standard InChI is InChI=1S/C17H20N2O/c1-2-19(16-6-4-3-5-7-16)17(20)15-10-8-14(9-11-15)12-13-18/h3-11H,2,12-13,18H2,1H3. The maximum Gasteiger partial charge on any atom is 0.258 e. The average Bonchev–Trinajstić information content (AvgIpc) is 2.50. The van der Waals surface area contributed by atoms with Crippen LogP contribution in [0.1, 0.15) is 22.8 Å². The van der Waals surface area contributed by atoms with E-state index >= 15 is 0 Å². The second-order valence-electron chi connectivity index (χ2n) is 4.62. The van der Waals surface area contributed by atoms with Crippen molar-refractivity contribution >= 4 is 11.6 Å². The summed E-state index contributed by atoms with van der Waals surface area (Å²) >= 11 is 0. The number of anilines is 1. The summed E-state index contributed by atoms with van der Waals surface area (Å²) in [4.78, 5) is 14.3. The molecule has 2 aromatic rings. The van der Waals surface area contributed by atoms with Gasteiger partial charge in [-0.1, -0.05) is 30.3 Å². The third-order valence-corrected chi connectivity index (χ3v) is 3.26. The highest BCUT2D eigenvalue weighted by Crippen LogP contribution is 2.17. The van der Waals surface area contributed by atoms with E-state index in [1.165, 1.54) is 0 Å². The predicted octanol–water partition coefficient (Wildman–Crippen LogP) is 2.85. The van der Waals surface area contributed by atoms with Crippen molar-refractivity contribution in [3.8, 4) is 0 Å². The van der Waals surface area contributed by atoms with E-state index in [0.717, 1.165) is 17.7 Å². The van der Waals surface area contributed by atoms with Crippen LogP contribution in [0.3, 0.4) is 0 Å². The van der Waals surface area contributed by atoms with E-state index < -0.39 is 0 Å². The van der Waals surface area contributed by atoms with Crippen molar-refractivity contribution in [2.24, 2.45) is 5.73 Å². The summed E-state index contributed by atoms with van der Waals surface area (Å²) in [6, 6.07) is 17.4. The minimum Gasteiger partial charge on any atom is -0.330 e. The molecule has 0 aromatic heterocycles. The molecular weight excluding hydrogens is 248 g/mol. The molecule has 0 aliphatic heterocycles. The molecule has 2 rings (SSSR count). The number of hydrogen-bond donors (Lipinski definition) is 1. The first-order valence-electron chi connectivity index (χ1n) is 6.92. The molecule has 2 aromatic carbocycles. The Morgan fingerprint density at radius 3 is 2.25 bits per heavy atom. The van der Waals surface area contributed by atoms with Gasteiger partial charge in [-0.2, -0.15) is 0 Å². The summed E-state index contributed by atoms with van der Waals surface area (Å²) in [5.74, 6) is 0.0259. The highest BCUT2D eigenvalue weighted by atomic mass is 16.2. The van der Waals surface area contributed by atoms with Gasteiger partial charge in [-0.25, -0.2) is 0 Å². The van der Waals surface area contributed by atoms with Gasteiger partial charge in [0.2, 0.25) is 0 Å². The van der Waals surface area contributed by atoms with E-state index in [-0.39, 0.29) is 5.91 Å². The van der Waals surface area contributed by atoms with E-state index in [1.54, 1.807) is 4.90 Å². The zero-order valence-corrected chi connectivity index (χ0v) is 11.8. The third-order valence-electron chi connectivity index (χ3n) is 3.26. The molecule has 0 atom stereocenters. The van der Waals surface area contributed by atoms with Gasteiger partial charge >= 0.3 is 0 Å². The van der Waals surface area contributed by atoms with Crippen LogP contribution in [0.15, 0.2) is 54.6 Å². The fourth-order valence-electron chi connectivity index (χ4n) is 2.19. The predicted molar refractivity (Wildman–Crippen MR) is 83.0 cm³/mol. The number of amides is 1. The number of benzene rings is 2. The molecule has 0 spiro atoms. The van der Waals surface area contributed by atoms with Crippen LogP contribution in [-0.4, -0.2) is 19.0 Å².